The number of rotatable bonds is 1. The third kappa shape index (κ3) is 1.23. The van der Waals surface area contributed by atoms with Crippen LogP contribution in [0.2, 0.25) is 0 Å². The van der Waals surface area contributed by atoms with Crippen molar-refractivity contribution in [2.45, 2.75) is 6.42 Å². The summed E-state index contributed by atoms with van der Waals surface area (Å²) in [6.45, 7) is 0.287. The number of hydrogen-bond acceptors (Lipinski definition) is 2. The zero-order valence-corrected chi connectivity index (χ0v) is 6.85. The first kappa shape index (κ1) is 8.31. The lowest BCUT2D eigenvalue weighted by molar-refractivity contribution is 0.503. The van der Waals surface area contributed by atoms with Gasteiger partial charge in [-0.3, -0.25) is 4.99 Å². The maximum Gasteiger partial charge on any atom is 0.164 e. The van der Waals surface area contributed by atoms with Crippen molar-refractivity contribution in [2.24, 2.45) is 10.7 Å². The van der Waals surface area contributed by atoms with Crippen LogP contribution in [0.5, 0.6) is 0 Å². The second-order valence-corrected chi connectivity index (χ2v) is 2.92. The Morgan fingerprint density at radius 2 is 2.15 bits per heavy atom. The minimum Gasteiger partial charge on any atom is -0.325 e. The molecule has 2 nitrogen and oxygen atoms in total. The molecule has 0 atom stereocenters. The van der Waals surface area contributed by atoms with E-state index >= 15 is 0 Å². The zero-order chi connectivity index (χ0) is 9.42. The van der Waals surface area contributed by atoms with Gasteiger partial charge in [-0.25, -0.2) is 8.78 Å². The van der Waals surface area contributed by atoms with Crippen LogP contribution in [-0.4, -0.2) is 12.3 Å². The van der Waals surface area contributed by atoms with Crippen molar-refractivity contribution in [3.05, 3.63) is 29.3 Å². The lowest BCUT2D eigenvalue weighted by atomic mass is 10.1. The summed E-state index contributed by atoms with van der Waals surface area (Å²) in [6, 6.07) is 2.55. The highest BCUT2D eigenvalue weighted by atomic mass is 19.2. The third-order valence-electron chi connectivity index (χ3n) is 2.07. The molecule has 13 heavy (non-hydrogen) atoms. The lowest BCUT2D eigenvalue weighted by Gasteiger charge is -1.99. The van der Waals surface area contributed by atoms with Crippen molar-refractivity contribution in [3.63, 3.8) is 0 Å². The fourth-order valence-corrected chi connectivity index (χ4v) is 1.39. The Balaban J connectivity index is 2.49. The molecule has 0 aromatic heterocycles. The van der Waals surface area contributed by atoms with E-state index in [1.165, 1.54) is 6.07 Å². The first-order chi connectivity index (χ1) is 6.22. The van der Waals surface area contributed by atoms with Gasteiger partial charge in [0.2, 0.25) is 0 Å². The standard InChI is InChI=1S/C9H8F2N2/c10-7-1-2-8-6(9(7)11)3-5(4-12)13-8/h1-2H,3-4,12H2. The van der Waals surface area contributed by atoms with Crippen LogP contribution in [0, 0.1) is 11.6 Å². The molecule has 0 bridgehead atoms. The highest BCUT2D eigenvalue weighted by molar-refractivity contribution is 5.95. The van der Waals surface area contributed by atoms with E-state index in [0.717, 1.165) is 6.07 Å². The van der Waals surface area contributed by atoms with E-state index in [-0.39, 0.29) is 6.54 Å². The molecule has 1 aromatic carbocycles. The van der Waals surface area contributed by atoms with Gasteiger partial charge in [-0.1, -0.05) is 0 Å². The molecule has 0 spiro atoms. The highest BCUT2D eigenvalue weighted by Crippen LogP contribution is 2.29. The van der Waals surface area contributed by atoms with Crippen molar-refractivity contribution >= 4 is 11.4 Å². The van der Waals surface area contributed by atoms with E-state index < -0.39 is 11.6 Å². The van der Waals surface area contributed by atoms with Crippen LogP contribution >= 0.6 is 0 Å². The number of halogens is 2. The van der Waals surface area contributed by atoms with E-state index in [4.69, 9.17) is 5.73 Å². The van der Waals surface area contributed by atoms with Gasteiger partial charge in [0.1, 0.15) is 0 Å². The third-order valence-corrected chi connectivity index (χ3v) is 2.07. The van der Waals surface area contributed by atoms with E-state index in [0.29, 0.717) is 23.4 Å². The summed E-state index contributed by atoms with van der Waals surface area (Å²) in [7, 11) is 0. The molecule has 0 unspecified atom stereocenters. The molecular weight excluding hydrogens is 174 g/mol. The van der Waals surface area contributed by atoms with Crippen molar-refractivity contribution in [1.82, 2.24) is 0 Å². The summed E-state index contributed by atoms with van der Waals surface area (Å²) in [5.74, 6) is -1.63. The Labute approximate surface area is 74.1 Å². The van der Waals surface area contributed by atoms with Gasteiger partial charge in [0.05, 0.1) is 5.69 Å². The summed E-state index contributed by atoms with van der Waals surface area (Å²) in [5.41, 5.74) is 6.87. The van der Waals surface area contributed by atoms with Crippen LogP contribution in [0.15, 0.2) is 17.1 Å². The number of nitrogens with two attached hydrogens (primary N) is 1. The van der Waals surface area contributed by atoms with Crippen LogP contribution in [0.4, 0.5) is 14.5 Å². The molecular formula is C9H8F2N2. The normalized spacial score (nSPS) is 14.2. The Hall–Kier alpha value is -1.29. The molecule has 0 saturated heterocycles. The topological polar surface area (TPSA) is 38.4 Å². The number of nitrogens with zero attached hydrogens (tertiary/aromatic N) is 1. The first-order valence-electron chi connectivity index (χ1n) is 3.95. The van der Waals surface area contributed by atoms with Gasteiger partial charge in [-0.15, -0.1) is 0 Å². The van der Waals surface area contributed by atoms with E-state index in [1.807, 2.05) is 0 Å². The Kier molecular flexibility index (Phi) is 1.84. The number of hydrogen-bond donors (Lipinski definition) is 1. The molecule has 0 fully saturated rings. The van der Waals surface area contributed by atoms with Crippen molar-refractivity contribution in [1.29, 1.82) is 0 Å². The van der Waals surface area contributed by atoms with Crippen LogP contribution in [0.1, 0.15) is 5.56 Å². The summed E-state index contributed by atoms with van der Waals surface area (Å²) in [5, 5.41) is 0. The SMILES string of the molecule is NCC1=Nc2ccc(F)c(F)c2C1. The van der Waals surface area contributed by atoms with Gasteiger partial charge in [0, 0.05) is 24.2 Å². The Bertz CT molecular complexity index is 385. The Morgan fingerprint density at radius 1 is 1.38 bits per heavy atom. The smallest absolute Gasteiger partial charge is 0.164 e. The molecule has 2 N–H and O–H groups in total. The van der Waals surface area contributed by atoms with Gasteiger partial charge in [-0.2, -0.15) is 0 Å². The average Bonchev–Trinajstić information content (AvgIpc) is 2.55. The maximum absolute atomic E-state index is 13.1. The minimum atomic E-state index is -0.827. The second kappa shape index (κ2) is 2.88. The predicted molar refractivity (Wildman–Crippen MR) is 46.2 cm³/mol. The molecule has 0 saturated carbocycles. The van der Waals surface area contributed by atoms with Crippen LogP contribution in [0.3, 0.4) is 0 Å². The molecule has 0 aliphatic carbocycles. The van der Waals surface area contributed by atoms with E-state index in [1.54, 1.807) is 0 Å². The van der Waals surface area contributed by atoms with Gasteiger partial charge in [-0.05, 0) is 12.1 Å². The van der Waals surface area contributed by atoms with Gasteiger partial charge < -0.3 is 5.73 Å². The number of aliphatic imine (C=N–C) groups is 1. The largest absolute Gasteiger partial charge is 0.325 e. The zero-order valence-electron chi connectivity index (χ0n) is 6.85. The summed E-state index contributed by atoms with van der Waals surface area (Å²) >= 11 is 0. The number of benzene rings is 1. The summed E-state index contributed by atoms with van der Waals surface area (Å²) < 4.78 is 25.9. The van der Waals surface area contributed by atoms with Gasteiger partial charge in [0.15, 0.2) is 11.6 Å². The van der Waals surface area contributed by atoms with E-state index in [2.05, 4.69) is 4.99 Å². The van der Waals surface area contributed by atoms with E-state index in [9.17, 15) is 8.78 Å². The molecule has 1 aliphatic rings. The fraction of sp³-hybridized carbons (Fsp3) is 0.222. The molecule has 1 aromatic rings. The van der Waals surface area contributed by atoms with Crippen LogP contribution < -0.4 is 5.73 Å². The predicted octanol–water partition coefficient (Wildman–Crippen LogP) is 1.55. The first-order valence-corrected chi connectivity index (χ1v) is 3.95. The molecule has 2 rings (SSSR count). The fourth-order valence-electron chi connectivity index (χ4n) is 1.39. The molecule has 0 amide bonds. The van der Waals surface area contributed by atoms with Crippen molar-refractivity contribution in [2.75, 3.05) is 6.54 Å². The molecule has 1 heterocycles. The Morgan fingerprint density at radius 3 is 2.85 bits per heavy atom. The number of fused-ring (bicyclic) bond motifs is 1. The van der Waals surface area contributed by atoms with Gasteiger partial charge in [0.25, 0.3) is 0 Å². The average molecular weight is 182 g/mol. The molecule has 0 radical (unpaired) electrons. The van der Waals surface area contributed by atoms with Crippen molar-refractivity contribution in [3.8, 4) is 0 Å². The highest BCUT2D eigenvalue weighted by Gasteiger charge is 2.19. The molecule has 4 heteroatoms. The quantitative estimate of drug-likeness (QED) is 0.703. The molecule has 1 aliphatic heterocycles. The molecule has 68 valence electrons. The second-order valence-electron chi connectivity index (χ2n) is 2.92. The minimum absolute atomic E-state index is 0.287. The lowest BCUT2D eigenvalue weighted by Crippen LogP contribution is -2.13. The maximum atomic E-state index is 13.1. The summed E-state index contributed by atoms with van der Waals surface area (Å²) in [6.07, 6.45) is 0.329. The van der Waals surface area contributed by atoms with Crippen LogP contribution in [0.25, 0.3) is 0 Å². The van der Waals surface area contributed by atoms with Crippen molar-refractivity contribution < 1.29 is 8.78 Å². The van der Waals surface area contributed by atoms with Crippen LogP contribution in [-0.2, 0) is 6.42 Å². The monoisotopic (exact) mass is 182 g/mol. The van der Waals surface area contributed by atoms with Gasteiger partial charge >= 0.3 is 0 Å². The summed E-state index contributed by atoms with van der Waals surface area (Å²) in [4.78, 5) is 4.06.